The van der Waals surface area contributed by atoms with Gasteiger partial charge in [0, 0.05) is 32.5 Å². The molecule has 23 heavy (non-hydrogen) atoms. The lowest BCUT2D eigenvalue weighted by Crippen LogP contribution is -2.41. The lowest BCUT2D eigenvalue weighted by Gasteiger charge is -2.36. The van der Waals surface area contributed by atoms with E-state index >= 15 is 0 Å². The minimum atomic E-state index is -0.155. The number of nitrogens with one attached hydrogen (secondary N) is 1. The van der Waals surface area contributed by atoms with E-state index in [4.69, 9.17) is 4.74 Å². The third-order valence-electron chi connectivity index (χ3n) is 4.81. The minimum absolute atomic E-state index is 0.00449. The van der Waals surface area contributed by atoms with Gasteiger partial charge in [-0.05, 0) is 24.0 Å². The number of hydrogen-bond acceptors (Lipinski definition) is 3. The molecule has 2 aliphatic rings. The Kier molecular flexibility index (Phi) is 4.96. The monoisotopic (exact) mass is 316 g/mol. The lowest BCUT2D eigenvalue weighted by molar-refractivity contribution is -0.133. The van der Waals surface area contributed by atoms with E-state index in [0.717, 1.165) is 31.6 Å². The van der Waals surface area contributed by atoms with Crippen LogP contribution < -0.4 is 5.32 Å². The molecule has 2 aliphatic heterocycles. The van der Waals surface area contributed by atoms with Crippen LogP contribution in [0.4, 0.5) is 0 Å². The van der Waals surface area contributed by atoms with Crippen LogP contribution in [0.3, 0.4) is 0 Å². The van der Waals surface area contributed by atoms with Crippen molar-refractivity contribution in [3.8, 4) is 0 Å². The van der Waals surface area contributed by atoms with Gasteiger partial charge in [0.25, 0.3) is 0 Å². The van der Waals surface area contributed by atoms with Gasteiger partial charge in [-0.15, -0.1) is 0 Å². The summed E-state index contributed by atoms with van der Waals surface area (Å²) in [6, 6.07) is 7.96. The van der Waals surface area contributed by atoms with E-state index in [2.05, 4.69) is 11.4 Å². The SMILES string of the molecule is CC(=O)N1CCc2ccccc2C1CC(=O)NCC1CCOC1. The first-order chi connectivity index (χ1) is 11.1. The standard InChI is InChI=1S/C18H24N2O3/c1-13(21)20-8-6-15-4-2-3-5-16(15)17(20)10-18(22)19-11-14-7-9-23-12-14/h2-5,14,17H,6-12H2,1H3,(H,19,22). The molecule has 2 unspecified atom stereocenters. The van der Waals surface area contributed by atoms with E-state index in [1.54, 1.807) is 6.92 Å². The van der Waals surface area contributed by atoms with E-state index in [1.165, 1.54) is 5.56 Å². The predicted molar refractivity (Wildman–Crippen MR) is 86.8 cm³/mol. The van der Waals surface area contributed by atoms with Gasteiger partial charge >= 0.3 is 0 Å². The summed E-state index contributed by atoms with van der Waals surface area (Å²) in [6.45, 7) is 4.43. The summed E-state index contributed by atoms with van der Waals surface area (Å²) >= 11 is 0. The predicted octanol–water partition coefficient (Wildman–Crippen LogP) is 1.68. The van der Waals surface area contributed by atoms with Gasteiger partial charge in [-0.2, -0.15) is 0 Å². The number of carbonyl (C=O) groups is 2. The fourth-order valence-electron chi connectivity index (χ4n) is 3.50. The highest BCUT2D eigenvalue weighted by molar-refractivity contribution is 5.79. The van der Waals surface area contributed by atoms with Gasteiger partial charge in [-0.25, -0.2) is 0 Å². The maximum absolute atomic E-state index is 12.4. The molecule has 2 amide bonds. The molecule has 0 saturated carbocycles. The molecular weight excluding hydrogens is 292 g/mol. The van der Waals surface area contributed by atoms with Crippen molar-refractivity contribution in [3.63, 3.8) is 0 Å². The van der Waals surface area contributed by atoms with Crippen LogP contribution in [0.2, 0.25) is 0 Å². The van der Waals surface area contributed by atoms with Crippen LogP contribution in [0.1, 0.15) is 36.9 Å². The van der Waals surface area contributed by atoms with Crippen molar-refractivity contribution < 1.29 is 14.3 Å². The molecule has 0 bridgehead atoms. The molecule has 0 radical (unpaired) electrons. The Morgan fingerprint density at radius 1 is 1.35 bits per heavy atom. The topological polar surface area (TPSA) is 58.6 Å². The average Bonchev–Trinajstić information content (AvgIpc) is 3.06. The quantitative estimate of drug-likeness (QED) is 0.919. The van der Waals surface area contributed by atoms with Gasteiger partial charge in [-0.3, -0.25) is 9.59 Å². The van der Waals surface area contributed by atoms with Crippen molar-refractivity contribution in [2.45, 2.75) is 32.2 Å². The van der Waals surface area contributed by atoms with Crippen molar-refractivity contribution in [3.05, 3.63) is 35.4 Å². The summed E-state index contributed by atoms with van der Waals surface area (Å²) in [5, 5.41) is 3.01. The van der Waals surface area contributed by atoms with E-state index < -0.39 is 0 Å². The molecule has 2 atom stereocenters. The molecule has 2 heterocycles. The highest BCUT2D eigenvalue weighted by atomic mass is 16.5. The first-order valence-corrected chi connectivity index (χ1v) is 8.34. The number of benzene rings is 1. The molecule has 124 valence electrons. The molecular formula is C18H24N2O3. The van der Waals surface area contributed by atoms with Gasteiger partial charge in [0.2, 0.25) is 11.8 Å². The molecule has 1 saturated heterocycles. The van der Waals surface area contributed by atoms with E-state index in [0.29, 0.717) is 25.4 Å². The van der Waals surface area contributed by atoms with Crippen LogP contribution in [-0.2, 0) is 20.7 Å². The molecule has 5 nitrogen and oxygen atoms in total. The number of ether oxygens (including phenoxy) is 1. The third kappa shape index (κ3) is 3.72. The zero-order valence-electron chi connectivity index (χ0n) is 13.6. The number of hydrogen-bond donors (Lipinski definition) is 1. The van der Waals surface area contributed by atoms with E-state index in [9.17, 15) is 9.59 Å². The molecule has 1 aromatic carbocycles. The zero-order chi connectivity index (χ0) is 16.2. The fraction of sp³-hybridized carbons (Fsp3) is 0.556. The second-order valence-electron chi connectivity index (χ2n) is 6.41. The van der Waals surface area contributed by atoms with Crippen LogP contribution in [0.15, 0.2) is 24.3 Å². The minimum Gasteiger partial charge on any atom is -0.381 e. The van der Waals surface area contributed by atoms with Crippen molar-refractivity contribution >= 4 is 11.8 Å². The number of fused-ring (bicyclic) bond motifs is 1. The number of carbonyl (C=O) groups excluding carboxylic acids is 2. The Morgan fingerprint density at radius 3 is 2.91 bits per heavy atom. The Bertz CT molecular complexity index is 581. The summed E-state index contributed by atoms with van der Waals surface area (Å²) in [5.74, 6) is 0.452. The maximum atomic E-state index is 12.4. The Balaban J connectivity index is 1.67. The van der Waals surface area contributed by atoms with E-state index in [-0.39, 0.29) is 17.9 Å². The van der Waals surface area contributed by atoms with Crippen LogP contribution in [-0.4, -0.2) is 43.0 Å². The van der Waals surface area contributed by atoms with Gasteiger partial charge in [0.15, 0.2) is 0 Å². The molecule has 0 aliphatic carbocycles. The molecule has 0 aromatic heterocycles. The first-order valence-electron chi connectivity index (χ1n) is 8.34. The third-order valence-corrected chi connectivity index (χ3v) is 4.81. The fourth-order valence-corrected chi connectivity index (χ4v) is 3.50. The molecule has 3 rings (SSSR count). The number of nitrogens with zero attached hydrogens (tertiary/aromatic N) is 1. The second-order valence-corrected chi connectivity index (χ2v) is 6.41. The highest BCUT2D eigenvalue weighted by Gasteiger charge is 2.30. The number of amides is 2. The van der Waals surface area contributed by atoms with E-state index in [1.807, 2.05) is 23.1 Å². The van der Waals surface area contributed by atoms with Crippen molar-refractivity contribution in [2.24, 2.45) is 5.92 Å². The molecule has 1 N–H and O–H groups in total. The van der Waals surface area contributed by atoms with Crippen LogP contribution in [0.5, 0.6) is 0 Å². The lowest BCUT2D eigenvalue weighted by atomic mass is 9.90. The summed E-state index contributed by atoms with van der Waals surface area (Å²) in [6.07, 6.45) is 2.18. The van der Waals surface area contributed by atoms with Crippen LogP contribution in [0, 0.1) is 5.92 Å². The van der Waals surface area contributed by atoms with Crippen molar-refractivity contribution in [1.29, 1.82) is 0 Å². The summed E-state index contributed by atoms with van der Waals surface area (Å²) in [4.78, 5) is 26.1. The number of rotatable bonds is 4. The summed E-state index contributed by atoms with van der Waals surface area (Å²) in [7, 11) is 0. The van der Waals surface area contributed by atoms with Crippen LogP contribution >= 0.6 is 0 Å². The maximum Gasteiger partial charge on any atom is 0.222 e. The highest BCUT2D eigenvalue weighted by Crippen LogP contribution is 2.32. The summed E-state index contributed by atoms with van der Waals surface area (Å²) in [5.41, 5.74) is 2.35. The Labute approximate surface area is 137 Å². The largest absolute Gasteiger partial charge is 0.381 e. The molecule has 5 heteroatoms. The normalized spacial score (nSPS) is 23.4. The molecule has 1 fully saturated rings. The van der Waals surface area contributed by atoms with Gasteiger partial charge in [0.1, 0.15) is 0 Å². The Morgan fingerprint density at radius 2 is 2.17 bits per heavy atom. The first kappa shape index (κ1) is 16.0. The van der Waals surface area contributed by atoms with Crippen molar-refractivity contribution in [1.82, 2.24) is 10.2 Å². The zero-order valence-corrected chi connectivity index (χ0v) is 13.6. The smallest absolute Gasteiger partial charge is 0.222 e. The second kappa shape index (κ2) is 7.13. The Hall–Kier alpha value is -1.88. The van der Waals surface area contributed by atoms with Gasteiger partial charge < -0.3 is 15.0 Å². The van der Waals surface area contributed by atoms with Crippen molar-refractivity contribution in [2.75, 3.05) is 26.3 Å². The average molecular weight is 316 g/mol. The summed E-state index contributed by atoms with van der Waals surface area (Å²) < 4.78 is 5.33. The molecule has 1 aromatic rings. The van der Waals surface area contributed by atoms with Gasteiger partial charge in [0.05, 0.1) is 19.1 Å². The van der Waals surface area contributed by atoms with Gasteiger partial charge in [-0.1, -0.05) is 24.3 Å². The molecule has 0 spiro atoms. The van der Waals surface area contributed by atoms with Crippen LogP contribution in [0.25, 0.3) is 0 Å².